The largest absolute Gasteiger partial charge is 0.383 e. The maximum atomic E-state index is 5.14. The van der Waals surface area contributed by atoms with E-state index in [1.807, 2.05) is 0 Å². The second kappa shape index (κ2) is 10.4. The zero-order chi connectivity index (χ0) is 15.6. The van der Waals surface area contributed by atoms with Crippen molar-refractivity contribution in [3.8, 4) is 0 Å². The van der Waals surface area contributed by atoms with E-state index in [2.05, 4.69) is 59.4 Å². The molecule has 0 spiro atoms. The summed E-state index contributed by atoms with van der Waals surface area (Å²) in [5.74, 6) is 0. The lowest BCUT2D eigenvalue weighted by molar-refractivity contribution is 0.182. The molecule has 1 N–H and O–H groups in total. The molecule has 0 heterocycles. The van der Waals surface area contributed by atoms with Gasteiger partial charge in [-0.15, -0.1) is 0 Å². The fourth-order valence-electron chi connectivity index (χ4n) is 2.79. The Hall–Kier alpha value is -0.380. The van der Waals surface area contributed by atoms with Gasteiger partial charge in [0.2, 0.25) is 0 Å². The summed E-state index contributed by atoms with van der Waals surface area (Å²) in [6.45, 7) is 7.37. The van der Waals surface area contributed by atoms with Crippen LogP contribution in [0.3, 0.4) is 0 Å². The highest BCUT2D eigenvalue weighted by atomic mass is 79.9. The lowest BCUT2D eigenvalue weighted by Gasteiger charge is -2.34. The summed E-state index contributed by atoms with van der Waals surface area (Å²) >= 11 is 3.70. The molecule has 0 aliphatic heterocycles. The lowest BCUT2D eigenvalue weighted by atomic mass is 9.75. The molecule has 1 aromatic rings. The van der Waals surface area contributed by atoms with Crippen molar-refractivity contribution in [1.82, 2.24) is 5.32 Å². The van der Waals surface area contributed by atoms with Gasteiger partial charge in [-0.25, -0.2) is 0 Å². The number of benzene rings is 1. The van der Waals surface area contributed by atoms with Crippen LogP contribution in [0.15, 0.2) is 28.7 Å². The van der Waals surface area contributed by atoms with Crippen molar-refractivity contribution in [2.45, 2.75) is 46.0 Å². The summed E-state index contributed by atoms with van der Waals surface area (Å²) in [6.07, 6.45) is 6.17. The molecule has 2 nitrogen and oxygen atoms in total. The van der Waals surface area contributed by atoms with Crippen molar-refractivity contribution in [2.75, 3.05) is 26.8 Å². The highest BCUT2D eigenvalue weighted by molar-refractivity contribution is 9.10. The Morgan fingerprint density at radius 1 is 1.24 bits per heavy atom. The number of nitrogens with one attached hydrogen (secondary N) is 1. The van der Waals surface area contributed by atoms with Crippen LogP contribution < -0.4 is 5.32 Å². The SMILES string of the molecule is CCCCC(CC)(CNCCOC)Cc1ccccc1Br. The molecular formula is C18H30BrNO. The van der Waals surface area contributed by atoms with Crippen LogP contribution in [0.5, 0.6) is 0 Å². The molecule has 0 fully saturated rings. The van der Waals surface area contributed by atoms with Crippen molar-refractivity contribution in [3.63, 3.8) is 0 Å². The van der Waals surface area contributed by atoms with Gasteiger partial charge < -0.3 is 10.1 Å². The zero-order valence-electron chi connectivity index (χ0n) is 13.8. The first-order valence-corrected chi connectivity index (χ1v) is 8.90. The van der Waals surface area contributed by atoms with Crippen LogP contribution in [-0.4, -0.2) is 26.8 Å². The van der Waals surface area contributed by atoms with Crippen molar-refractivity contribution >= 4 is 15.9 Å². The molecule has 1 atom stereocenters. The minimum Gasteiger partial charge on any atom is -0.383 e. The fraction of sp³-hybridized carbons (Fsp3) is 0.667. The van der Waals surface area contributed by atoms with Crippen LogP contribution in [0.2, 0.25) is 0 Å². The molecule has 1 unspecified atom stereocenters. The van der Waals surface area contributed by atoms with Gasteiger partial charge in [-0.2, -0.15) is 0 Å². The van der Waals surface area contributed by atoms with Crippen molar-refractivity contribution in [3.05, 3.63) is 34.3 Å². The molecule has 0 radical (unpaired) electrons. The summed E-state index contributed by atoms with van der Waals surface area (Å²) < 4.78 is 6.37. The van der Waals surface area contributed by atoms with E-state index in [0.717, 1.165) is 26.1 Å². The summed E-state index contributed by atoms with van der Waals surface area (Å²) in [4.78, 5) is 0. The van der Waals surface area contributed by atoms with Gasteiger partial charge in [0.25, 0.3) is 0 Å². The van der Waals surface area contributed by atoms with Crippen LogP contribution in [0, 0.1) is 5.41 Å². The third-order valence-corrected chi connectivity index (χ3v) is 5.09. The first kappa shape index (κ1) is 18.7. The molecule has 0 bridgehead atoms. The summed E-state index contributed by atoms with van der Waals surface area (Å²) in [6, 6.07) is 8.62. The summed E-state index contributed by atoms with van der Waals surface area (Å²) in [7, 11) is 1.76. The Morgan fingerprint density at radius 3 is 2.62 bits per heavy atom. The smallest absolute Gasteiger partial charge is 0.0587 e. The number of methoxy groups -OCH3 is 1. The number of hydrogen-bond acceptors (Lipinski definition) is 2. The van der Waals surface area contributed by atoms with Gasteiger partial charge in [0, 0.05) is 24.7 Å². The maximum Gasteiger partial charge on any atom is 0.0587 e. The number of rotatable bonds is 11. The van der Waals surface area contributed by atoms with E-state index in [-0.39, 0.29) is 0 Å². The van der Waals surface area contributed by atoms with Gasteiger partial charge in [0.15, 0.2) is 0 Å². The Labute approximate surface area is 138 Å². The van der Waals surface area contributed by atoms with Crippen molar-refractivity contribution in [1.29, 1.82) is 0 Å². The predicted molar refractivity (Wildman–Crippen MR) is 94.8 cm³/mol. The van der Waals surface area contributed by atoms with Crippen molar-refractivity contribution < 1.29 is 4.74 Å². The van der Waals surface area contributed by atoms with E-state index in [4.69, 9.17) is 4.74 Å². The standard InChI is InChI=1S/C18H30BrNO/c1-4-6-11-18(5-2,15-20-12-13-21-3)14-16-9-7-8-10-17(16)19/h7-10,20H,4-6,11-15H2,1-3H3. The second-order valence-electron chi connectivity index (χ2n) is 5.89. The number of halogens is 1. The monoisotopic (exact) mass is 355 g/mol. The van der Waals surface area contributed by atoms with Crippen molar-refractivity contribution in [2.24, 2.45) is 5.41 Å². The average molecular weight is 356 g/mol. The van der Waals surface area contributed by atoms with E-state index in [0.29, 0.717) is 5.41 Å². The lowest BCUT2D eigenvalue weighted by Crippen LogP contribution is -2.37. The van der Waals surface area contributed by atoms with Crippen LogP contribution in [0.25, 0.3) is 0 Å². The Kier molecular flexibility index (Phi) is 9.21. The van der Waals surface area contributed by atoms with E-state index in [1.54, 1.807) is 7.11 Å². The van der Waals surface area contributed by atoms with Gasteiger partial charge in [-0.3, -0.25) is 0 Å². The Bertz CT molecular complexity index is 397. The predicted octanol–water partition coefficient (Wildman–Crippen LogP) is 4.81. The quantitative estimate of drug-likeness (QED) is 0.574. The third-order valence-electron chi connectivity index (χ3n) is 4.32. The van der Waals surface area contributed by atoms with Crippen LogP contribution in [0.4, 0.5) is 0 Å². The van der Waals surface area contributed by atoms with Gasteiger partial charge >= 0.3 is 0 Å². The van der Waals surface area contributed by atoms with Crippen LogP contribution in [0.1, 0.15) is 45.1 Å². The van der Waals surface area contributed by atoms with Gasteiger partial charge in [-0.1, -0.05) is 60.8 Å². The molecule has 3 heteroatoms. The summed E-state index contributed by atoms with van der Waals surface area (Å²) in [5.41, 5.74) is 1.76. The molecule has 21 heavy (non-hydrogen) atoms. The normalized spacial score (nSPS) is 14.1. The molecular weight excluding hydrogens is 326 g/mol. The second-order valence-corrected chi connectivity index (χ2v) is 6.75. The topological polar surface area (TPSA) is 21.3 Å². The van der Waals surface area contributed by atoms with Gasteiger partial charge in [-0.05, 0) is 36.3 Å². The van der Waals surface area contributed by atoms with E-state index < -0.39 is 0 Å². The fourth-order valence-corrected chi connectivity index (χ4v) is 3.22. The van der Waals surface area contributed by atoms with Crippen LogP contribution >= 0.6 is 15.9 Å². The third kappa shape index (κ3) is 6.50. The first-order chi connectivity index (χ1) is 10.2. The molecule has 0 aliphatic carbocycles. The molecule has 0 amide bonds. The molecule has 0 saturated heterocycles. The van der Waals surface area contributed by atoms with E-state index >= 15 is 0 Å². The highest BCUT2D eigenvalue weighted by Gasteiger charge is 2.28. The Morgan fingerprint density at radius 2 is 2.00 bits per heavy atom. The average Bonchev–Trinajstić information content (AvgIpc) is 2.51. The van der Waals surface area contributed by atoms with Crippen LogP contribution in [-0.2, 0) is 11.2 Å². The molecule has 0 aromatic heterocycles. The Balaban J connectivity index is 2.76. The number of unbranched alkanes of at least 4 members (excludes halogenated alkanes) is 1. The molecule has 1 rings (SSSR count). The molecule has 0 aliphatic rings. The zero-order valence-corrected chi connectivity index (χ0v) is 15.3. The van der Waals surface area contributed by atoms with E-state index in [1.165, 1.54) is 35.7 Å². The number of ether oxygens (including phenoxy) is 1. The molecule has 120 valence electrons. The maximum absolute atomic E-state index is 5.14. The minimum absolute atomic E-state index is 0.341. The van der Waals surface area contributed by atoms with E-state index in [9.17, 15) is 0 Å². The van der Waals surface area contributed by atoms with Gasteiger partial charge in [0.1, 0.15) is 0 Å². The summed E-state index contributed by atoms with van der Waals surface area (Å²) in [5, 5.41) is 3.59. The molecule has 1 aromatic carbocycles. The first-order valence-electron chi connectivity index (χ1n) is 8.10. The molecule has 0 saturated carbocycles. The minimum atomic E-state index is 0.341. The van der Waals surface area contributed by atoms with Gasteiger partial charge in [0.05, 0.1) is 6.61 Å². The highest BCUT2D eigenvalue weighted by Crippen LogP contribution is 2.34. The number of hydrogen-bond donors (Lipinski definition) is 1.